The highest BCUT2D eigenvalue weighted by molar-refractivity contribution is 5.93. The van der Waals surface area contributed by atoms with Crippen LogP contribution in [0.25, 0.3) is 0 Å². The predicted molar refractivity (Wildman–Crippen MR) is 70.6 cm³/mol. The SMILES string of the molecule is CC(N)=NC(N)=NC#N.CNC#N.N#CN=C(N)N. The van der Waals surface area contributed by atoms with Crippen molar-refractivity contribution in [3.63, 3.8) is 0 Å². The van der Waals surface area contributed by atoms with Crippen molar-refractivity contribution in [2.75, 3.05) is 7.05 Å². The van der Waals surface area contributed by atoms with Crippen molar-refractivity contribution in [3.8, 4) is 18.6 Å². The second kappa shape index (κ2) is 16.9. The first kappa shape index (κ1) is 20.8. The van der Waals surface area contributed by atoms with Crippen LogP contribution < -0.4 is 28.3 Å². The molecule has 0 bridgehead atoms. The van der Waals surface area contributed by atoms with Crippen molar-refractivity contribution >= 4 is 17.8 Å². The molecule has 0 aliphatic carbocycles. The molecule has 0 spiro atoms. The Morgan fingerprint density at radius 2 is 1.42 bits per heavy atom. The summed E-state index contributed by atoms with van der Waals surface area (Å²) in [6, 6.07) is 0. The Morgan fingerprint density at radius 1 is 1.00 bits per heavy atom. The molecule has 0 rings (SSSR count). The minimum absolute atomic E-state index is 0.113. The summed E-state index contributed by atoms with van der Waals surface area (Å²) < 4.78 is 0. The Balaban J connectivity index is -0.000000222. The lowest BCUT2D eigenvalue weighted by molar-refractivity contribution is 1.11. The summed E-state index contributed by atoms with van der Waals surface area (Å²) in [5.41, 5.74) is 19.6. The van der Waals surface area contributed by atoms with Gasteiger partial charge in [0.1, 0.15) is 0 Å². The molecule has 0 aromatic heterocycles. The topological polar surface area (TPSA) is 225 Å². The number of nitriles is 3. The summed E-state index contributed by atoms with van der Waals surface area (Å²) in [5, 5.41) is 25.3. The van der Waals surface area contributed by atoms with Gasteiger partial charge >= 0.3 is 0 Å². The standard InChI is InChI=1S/C4H7N5.C2H4N4.C2H4N2/c1-3(6)9-4(7)8-2-5;3-1-6-2(4)5;1-4-2-3/h1H3,(H4,6,7,8,9);(H4,4,5,6);4H,1H3. The van der Waals surface area contributed by atoms with Crippen LogP contribution >= 0.6 is 0 Å². The van der Waals surface area contributed by atoms with Crippen LogP contribution in [0.15, 0.2) is 15.0 Å². The van der Waals surface area contributed by atoms with Gasteiger partial charge in [-0.3, -0.25) is 0 Å². The van der Waals surface area contributed by atoms with Crippen LogP contribution in [-0.4, -0.2) is 24.8 Å². The quantitative estimate of drug-likeness (QED) is 0.137. The molecule has 0 saturated carbocycles. The molecule has 0 fully saturated rings. The number of hydrogen-bond acceptors (Lipinski definition) is 6. The molecule has 0 aromatic carbocycles. The van der Waals surface area contributed by atoms with E-state index < -0.39 is 0 Å². The molecule has 0 aliphatic heterocycles. The second-order valence-corrected chi connectivity index (χ2v) is 2.32. The Hall–Kier alpha value is -3.52. The molecule has 0 aromatic rings. The van der Waals surface area contributed by atoms with Crippen LogP contribution in [0, 0.1) is 34.4 Å². The zero-order chi connectivity index (χ0) is 15.7. The summed E-state index contributed by atoms with van der Waals surface area (Å²) in [6.07, 6.45) is 4.56. The molecule has 0 amide bonds. The highest BCUT2D eigenvalue weighted by atomic mass is 15.1. The van der Waals surface area contributed by atoms with Crippen molar-refractivity contribution in [3.05, 3.63) is 0 Å². The third kappa shape index (κ3) is 40.3. The van der Waals surface area contributed by atoms with E-state index in [4.69, 9.17) is 38.7 Å². The molecule has 0 unspecified atom stereocenters. The maximum absolute atomic E-state index is 7.92. The number of nitrogens with zero attached hydrogens (tertiary/aromatic N) is 6. The number of guanidine groups is 2. The van der Waals surface area contributed by atoms with Gasteiger partial charge in [0.05, 0.1) is 5.84 Å². The smallest absolute Gasteiger partial charge is 0.232 e. The van der Waals surface area contributed by atoms with Gasteiger partial charge in [-0.05, 0) is 6.92 Å². The molecule has 0 aliphatic rings. The monoisotopic (exact) mass is 265 g/mol. The van der Waals surface area contributed by atoms with Gasteiger partial charge in [0.2, 0.25) is 24.3 Å². The molecule has 19 heavy (non-hydrogen) atoms. The lowest BCUT2D eigenvalue weighted by atomic mass is 10.7. The van der Waals surface area contributed by atoms with E-state index in [-0.39, 0.29) is 17.8 Å². The Labute approximate surface area is 110 Å². The molecule has 102 valence electrons. The van der Waals surface area contributed by atoms with Gasteiger partial charge in [-0.2, -0.15) is 15.8 Å². The Bertz CT molecular complexity index is 431. The molecule has 11 heteroatoms. The highest BCUT2D eigenvalue weighted by Gasteiger charge is 1.83. The molecular weight excluding hydrogens is 250 g/mol. The normalized spacial score (nSPS) is 8.79. The van der Waals surface area contributed by atoms with Crippen molar-refractivity contribution in [1.82, 2.24) is 5.32 Å². The fourth-order valence-electron chi connectivity index (χ4n) is 0.315. The number of nitrogens with two attached hydrogens (primary N) is 4. The van der Waals surface area contributed by atoms with Crippen molar-refractivity contribution in [1.29, 1.82) is 15.8 Å². The first-order valence-electron chi connectivity index (χ1n) is 4.42. The average Bonchev–Trinajstić information content (AvgIpc) is 2.29. The fraction of sp³-hybridized carbons (Fsp3) is 0.250. The number of amidine groups is 1. The molecule has 11 nitrogen and oxygen atoms in total. The Kier molecular flexibility index (Phi) is 18.5. The number of hydrogen-bond donors (Lipinski definition) is 5. The van der Waals surface area contributed by atoms with Gasteiger partial charge in [-0.25, -0.2) is 4.99 Å². The number of aliphatic imine (C=N–C) groups is 3. The van der Waals surface area contributed by atoms with Crippen LogP contribution in [-0.2, 0) is 0 Å². The lowest BCUT2D eigenvalue weighted by Gasteiger charge is -1.86. The molecule has 0 saturated heterocycles. The van der Waals surface area contributed by atoms with E-state index in [0.717, 1.165) is 0 Å². The van der Waals surface area contributed by atoms with E-state index in [1.54, 1.807) is 20.2 Å². The van der Waals surface area contributed by atoms with E-state index in [9.17, 15) is 0 Å². The molecule has 0 radical (unpaired) electrons. The van der Waals surface area contributed by atoms with Gasteiger partial charge in [0.25, 0.3) is 0 Å². The summed E-state index contributed by atoms with van der Waals surface area (Å²) in [5.74, 6) is -0.0264. The summed E-state index contributed by atoms with van der Waals surface area (Å²) in [6.45, 7) is 1.56. The van der Waals surface area contributed by atoms with Gasteiger partial charge in [0.15, 0.2) is 6.19 Å². The molecule has 0 heterocycles. The fourth-order valence-corrected chi connectivity index (χ4v) is 0.315. The van der Waals surface area contributed by atoms with Gasteiger partial charge in [-0.15, -0.1) is 9.98 Å². The van der Waals surface area contributed by atoms with Crippen LogP contribution in [0.4, 0.5) is 0 Å². The molecular formula is C8H15N11. The van der Waals surface area contributed by atoms with E-state index in [0.29, 0.717) is 0 Å². The maximum atomic E-state index is 7.92. The van der Waals surface area contributed by atoms with Crippen molar-refractivity contribution in [2.24, 2.45) is 37.9 Å². The van der Waals surface area contributed by atoms with E-state index in [1.165, 1.54) is 12.4 Å². The first-order chi connectivity index (χ1) is 8.85. The third-order valence-corrected chi connectivity index (χ3v) is 0.746. The van der Waals surface area contributed by atoms with E-state index in [1.807, 2.05) is 0 Å². The molecule has 9 N–H and O–H groups in total. The van der Waals surface area contributed by atoms with Gasteiger partial charge in [-0.1, -0.05) is 0 Å². The van der Waals surface area contributed by atoms with E-state index in [2.05, 4.69) is 20.3 Å². The van der Waals surface area contributed by atoms with Crippen LogP contribution in [0.3, 0.4) is 0 Å². The predicted octanol–water partition coefficient (Wildman–Crippen LogP) is -2.41. The Morgan fingerprint density at radius 3 is 1.58 bits per heavy atom. The van der Waals surface area contributed by atoms with Crippen molar-refractivity contribution < 1.29 is 0 Å². The first-order valence-corrected chi connectivity index (χ1v) is 4.42. The molecule has 0 atom stereocenters. The zero-order valence-corrected chi connectivity index (χ0v) is 10.5. The highest BCUT2D eigenvalue weighted by Crippen LogP contribution is 1.70. The van der Waals surface area contributed by atoms with Crippen LogP contribution in [0.5, 0.6) is 0 Å². The van der Waals surface area contributed by atoms with Crippen LogP contribution in [0.1, 0.15) is 6.92 Å². The summed E-state index contributed by atoms with van der Waals surface area (Å²) in [7, 11) is 1.57. The second-order valence-electron chi connectivity index (χ2n) is 2.32. The van der Waals surface area contributed by atoms with E-state index >= 15 is 0 Å². The van der Waals surface area contributed by atoms with Crippen LogP contribution in [0.2, 0.25) is 0 Å². The number of nitrogens with one attached hydrogen (secondary N) is 1. The maximum Gasteiger partial charge on any atom is 0.232 e. The van der Waals surface area contributed by atoms with Crippen molar-refractivity contribution in [2.45, 2.75) is 6.92 Å². The largest absolute Gasteiger partial charge is 0.387 e. The summed E-state index contributed by atoms with van der Waals surface area (Å²) in [4.78, 5) is 9.47. The summed E-state index contributed by atoms with van der Waals surface area (Å²) >= 11 is 0. The lowest BCUT2D eigenvalue weighted by Crippen LogP contribution is -2.21. The number of rotatable bonds is 0. The average molecular weight is 265 g/mol. The van der Waals surface area contributed by atoms with Gasteiger partial charge < -0.3 is 28.3 Å². The minimum Gasteiger partial charge on any atom is -0.387 e. The minimum atomic E-state index is -0.197. The zero-order valence-electron chi connectivity index (χ0n) is 10.5. The third-order valence-electron chi connectivity index (χ3n) is 0.746. The van der Waals surface area contributed by atoms with Gasteiger partial charge in [0, 0.05) is 7.05 Å².